The number of methoxy groups -OCH3 is 1. The van der Waals surface area contributed by atoms with Gasteiger partial charge in [-0.2, -0.15) is 0 Å². The Morgan fingerprint density at radius 3 is 2.92 bits per heavy atom. The molecule has 1 aliphatic heterocycles. The molecule has 0 saturated carbocycles. The smallest absolute Gasteiger partial charge is 0.338 e. The van der Waals surface area contributed by atoms with Gasteiger partial charge in [-0.25, -0.2) is 9.78 Å². The second kappa shape index (κ2) is 8.45. The van der Waals surface area contributed by atoms with Crippen molar-refractivity contribution in [2.45, 2.75) is 39.2 Å². The molecule has 0 spiro atoms. The second-order valence-electron chi connectivity index (χ2n) is 6.29. The Morgan fingerprint density at radius 1 is 1.44 bits per heavy atom. The third-order valence-electron chi connectivity index (χ3n) is 4.69. The molecule has 0 radical (unpaired) electrons. The lowest BCUT2D eigenvalue weighted by Crippen LogP contribution is -2.30. The van der Waals surface area contributed by atoms with Gasteiger partial charge in [0.2, 0.25) is 5.89 Å². The average molecular weight is 360 g/mol. The van der Waals surface area contributed by atoms with Crippen LogP contribution in [0.2, 0.25) is 0 Å². The van der Waals surface area contributed by atoms with Crippen LogP contribution in [0.4, 0.5) is 0 Å². The van der Waals surface area contributed by atoms with E-state index in [1.54, 1.807) is 23.8 Å². The fourth-order valence-corrected chi connectivity index (χ4v) is 4.20. The summed E-state index contributed by atoms with van der Waals surface area (Å²) in [6, 6.07) is 0. The maximum Gasteiger partial charge on any atom is 0.338 e. The average Bonchev–Trinajstić information content (AvgIpc) is 3.26. The summed E-state index contributed by atoms with van der Waals surface area (Å²) in [6.45, 7) is 4.91. The number of likely N-dealkylation sites (tertiary alicyclic amines) is 1. The molecule has 1 aliphatic rings. The molecule has 25 heavy (non-hydrogen) atoms. The third kappa shape index (κ3) is 4.58. The Bertz CT molecular complexity index is 724. The number of allylic oxidation sites excluding steroid dienone is 1. The van der Waals surface area contributed by atoms with Crippen LogP contribution in [-0.2, 0) is 17.7 Å². The molecule has 0 N–H and O–H groups in total. The summed E-state index contributed by atoms with van der Waals surface area (Å²) in [7, 11) is 1.43. The molecular formula is C19H24N2O3S. The van der Waals surface area contributed by atoms with Crippen LogP contribution in [0.1, 0.15) is 46.0 Å². The topological polar surface area (TPSA) is 55.6 Å². The zero-order valence-electron chi connectivity index (χ0n) is 14.8. The van der Waals surface area contributed by atoms with Gasteiger partial charge in [0.25, 0.3) is 0 Å². The van der Waals surface area contributed by atoms with Gasteiger partial charge in [-0.15, -0.1) is 11.3 Å². The zero-order chi connectivity index (χ0) is 17.6. The van der Waals surface area contributed by atoms with Crippen LogP contribution in [-0.4, -0.2) is 36.1 Å². The number of ether oxygens (including phenoxy) is 1. The molecule has 5 nitrogen and oxygen atoms in total. The molecule has 0 amide bonds. The Balaban J connectivity index is 1.46. The molecule has 134 valence electrons. The molecular weight excluding hydrogens is 336 g/mol. The Hall–Kier alpha value is -1.92. The van der Waals surface area contributed by atoms with Gasteiger partial charge >= 0.3 is 5.97 Å². The predicted octanol–water partition coefficient (Wildman–Crippen LogP) is 3.99. The first-order valence-corrected chi connectivity index (χ1v) is 9.49. The molecule has 3 rings (SSSR count). The van der Waals surface area contributed by atoms with Gasteiger partial charge in [-0.3, -0.25) is 4.90 Å². The lowest BCUT2D eigenvalue weighted by molar-refractivity contribution is 0.0600. The van der Waals surface area contributed by atoms with Crippen LogP contribution < -0.4 is 0 Å². The first-order valence-electron chi connectivity index (χ1n) is 8.61. The molecule has 0 aliphatic carbocycles. The molecule has 2 aromatic heterocycles. The number of hydrogen-bond donors (Lipinski definition) is 0. The molecule has 0 atom stereocenters. The van der Waals surface area contributed by atoms with E-state index in [9.17, 15) is 4.79 Å². The van der Waals surface area contributed by atoms with Crippen LogP contribution in [0.3, 0.4) is 0 Å². The highest BCUT2D eigenvalue weighted by atomic mass is 32.1. The van der Waals surface area contributed by atoms with Gasteiger partial charge < -0.3 is 9.15 Å². The number of rotatable bonds is 6. The van der Waals surface area contributed by atoms with Gasteiger partial charge in [0, 0.05) is 23.3 Å². The van der Waals surface area contributed by atoms with Crippen molar-refractivity contribution in [2.75, 3.05) is 20.2 Å². The summed E-state index contributed by atoms with van der Waals surface area (Å²) in [5.74, 6) is 0.554. The van der Waals surface area contributed by atoms with Gasteiger partial charge in [0.1, 0.15) is 6.26 Å². The Labute approximate surface area is 152 Å². The van der Waals surface area contributed by atoms with Gasteiger partial charge in [0.05, 0.1) is 25.4 Å². The van der Waals surface area contributed by atoms with Crippen molar-refractivity contribution < 1.29 is 13.9 Å². The zero-order valence-corrected chi connectivity index (χ0v) is 15.6. The summed E-state index contributed by atoms with van der Waals surface area (Å²) in [5, 5.41) is 1.91. The summed E-state index contributed by atoms with van der Waals surface area (Å²) >= 11 is 1.65. The maximum atomic E-state index is 11.7. The number of carbonyl (C=O) groups excluding carboxylic acids is 1. The molecule has 0 aromatic carbocycles. The van der Waals surface area contributed by atoms with E-state index >= 15 is 0 Å². The minimum atomic E-state index is -0.239. The number of thiophene rings is 1. The minimum absolute atomic E-state index is 0.239. The fourth-order valence-electron chi connectivity index (χ4n) is 3.15. The van der Waals surface area contributed by atoms with Crippen molar-refractivity contribution in [1.82, 2.24) is 9.88 Å². The normalized spacial score (nSPS) is 15.4. The van der Waals surface area contributed by atoms with Crippen molar-refractivity contribution in [3.63, 3.8) is 0 Å². The third-order valence-corrected chi connectivity index (χ3v) is 5.84. The first-order chi connectivity index (χ1) is 12.2. The van der Waals surface area contributed by atoms with Gasteiger partial charge in [0.15, 0.2) is 0 Å². The van der Waals surface area contributed by atoms with E-state index in [0.29, 0.717) is 5.56 Å². The molecule has 2 aromatic rings. The quantitative estimate of drug-likeness (QED) is 0.576. The number of piperidine rings is 1. The summed E-state index contributed by atoms with van der Waals surface area (Å²) < 4.78 is 10.1. The van der Waals surface area contributed by atoms with Crippen LogP contribution in [0.15, 0.2) is 33.9 Å². The van der Waals surface area contributed by atoms with E-state index in [1.807, 2.05) is 12.3 Å². The van der Waals surface area contributed by atoms with Crippen molar-refractivity contribution in [3.8, 4) is 0 Å². The Morgan fingerprint density at radius 2 is 2.24 bits per heavy atom. The number of carbonyl (C=O) groups is 1. The van der Waals surface area contributed by atoms with E-state index < -0.39 is 0 Å². The Kier molecular flexibility index (Phi) is 6.04. The lowest BCUT2D eigenvalue weighted by Gasteiger charge is -2.27. The lowest BCUT2D eigenvalue weighted by atomic mass is 10.0. The highest BCUT2D eigenvalue weighted by Crippen LogP contribution is 2.25. The van der Waals surface area contributed by atoms with Crippen LogP contribution >= 0.6 is 11.3 Å². The number of nitrogens with zero attached hydrogens (tertiary/aromatic N) is 2. The molecule has 0 bridgehead atoms. The highest BCUT2D eigenvalue weighted by Gasteiger charge is 2.16. The van der Waals surface area contributed by atoms with Crippen molar-refractivity contribution >= 4 is 17.3 Å². The number of oxazole rings is 1. The molecule has 1 saturated heterocycles. The maximum absolute atomic E-state index is 11.7. The van der Waals surface area contributed by atoms with Gasteiger partial charge in [-0.05, 0) is 38.2 Å². The van der Waals surface area contributed by atoms with Crippen molar-refractivity contribution in [3.05, 3.63) is 51.4 Å². The number of aryl methyl sites for hydroxylation is 1. The minimum Gasteiger partial charge on any atom is -0.465 e. The monoisotopic (exact) mass is 360 g/mol. The summed E-state index contributed by atoms with van der Waals surface area (Å²) in [5.41, 5.74) is 3.30. The number of hydrogen-bond acceptors (Lipinski definition) is 6. The summed E-state index contributed by atoms with van der Waals surface area (Å²) in [6.07, 6.45) is 9.92. The van der Waals surface area contributed by atoms with E-state index in [1.165, 1.54) is 17.6 Å². The van der Waals surface area contributed by atoms with E-state index in [-0.39, 0.29) is 5.97 Å². The van der Waals surface area contributed by atoms with Gasteiger partial charge in [-0.1, -0.05) is 11.6 Å². The molecule has 0 unspecified atom stereocenters. The standard InChI is InChI=1S/C19H24N2O3S/c1-14-16(19(22)23-2)13-25-17(14)5-3-4-15-6-9-21(10-7-15)12-18-20-8-11-24-18/h4,8,11,13H,3,5-7,9-10,12H2,1-2H3. The van der Waals surface area contributed by atoms with Crippen LogP contribution in [0.5, 0.6) is 0 Å². The van der Waals surface area contributed by atoms with E-state index in [0.717, 1.165) is 56.8 Å². The van der Waals surface area contributed by atoms with Crippen LogP contribution in [0.25, 0.3) is 0 Å². The largest absolute Gasteiger partial charge is 0.465 e. The molecule has 6 heteroatoms. The van der Waals surface area contributed by atoms with Crippen molar-refractivity contribution in [1.29, 1.82) is 0 Å². The summed E-state index contributed by atoms with van der Waals surface area (Å²) in [4.78, 5) is 19.5. The number of esters is 1. The van der Waals surface area contributed by atoms with Crippen LogP contribution in [0, 0.1) is 6.92 Å². The fraction of sp³-hybridized carbons (Fsp3) is 0.474. The van der Waals surface area contributed by atoms with E-state index in [2.05, 4.69) is 16.0 Å². The van der Waals surface area contributed by atoms with E-state index in [4.69, 9.17) is 9.15 Å². The first kappa shape index (κ1) is 17.9. The molecule has 1 fully saturated rings. The molecule has 3 heterocycles. The predicted molar refractivity (Wildman–Crippen MR) is 97.8 cm³/mol. The van der Waals surface area contributed by atoms with Crippen molar-refractivity contribution in [2.24, 2.45) is 0 Å². The highest BCUT2D eigenvalue weighted by molar-refractivity contribution is 7.10. The SMILES string of the molecule is COC(=O)c1csc(CCC=C2CCN(Cc3ncco3)CC2)c1C. The number of aromatic nitrogens is 1. The second-order valence-corrected chi connectivity index (χ2v) is 7.26.